The third-order valence-corrected chi connectivity index (χ3v) is 6.34. The van der Waals surface area contributed by atoms with E-state index in [1.807, 2.05) is 45.0 Å². The van der Waals surface area contributed by atoms with Crippen LogP contribution in [0, 0.1) is 0 Å². The minimum absolute atomic E-state index is 0.467. The van der Waals surface area contributed by atoms with Gasteiger partial charge in [-0.3, -0.25) is 0 Å². The number of hydrogen-bond donors (Lipinski definition) is 1. The van der Waals surface area contributed by atoms with E-state index in [1.165, 1.54) is 0 Å². The van der Waals surface area contributed by atoms with Crippen molar-refractivity contribution in [2.24, 2.45) is 0 Å². The topological polar surface area (TPSA) is 78.3 Å². The molecule has 0 aliphatic heterocycles. The highest BCUT2D eigenvalue weighted by atomic mass is 16.7. The van der Waals surface area contributed by atoms with Crippen LogP contribution < -0.4 is 10.1 Å². The number of pyridine rings is 1. The monoisotopic (exact) mass is 528 g/mol. The molecule has 7 heteroatoms. The predicted molar refractivity (Wildman–Crippen MR) is 157 cm³/mol. The number of nitrogens with zero attached hydrogens (tertiary/aromatic N) is 3. The lowest BCUT2D eigenvalue weighted by molar-refractivity contribution is 0.0207. The van der Waals surface area contributed by atoms with Crippen LogP contribution in [-0.4, -0.2) is 32.8 Å². The van der Waals surface area contributed by atoms with Crippen molar-refractivity contribution in [2.75, 3.05) is 11.9 Å². The number of carbonyl (C=O) groups excluding carboxylic acids is 1. The maximum Gasteiger partial charge on any atom is 0.514 e. The van der Waals surface area contributed by atoms with Crippen LogP contribution in [0.25, 0.3) is 22.3 Å². The zero-order valence-electron chi connectivity index (χ0n) is 23.8. The average molecular weight is 529 g/mol. The Labute approximate surface area is 231 Å². The molecule has 0 saturated carbocycles. The lowest BCUT2D eigenvalue weighted by Gasteiger charge is -2.19. The summed E-state index contributed by atoms with van der Waals surface area (Å²) in [5.74, 6) is 2.41. The second-order valence-electron chi connectivity index (χ2n) is 10.8. The molecule has 4 aromatic rings. The highest BCUT2D eigenvalue weighted by molar-refractivity contribution is 5.76. The highest BCUT2D eigenvalue weighted by Crippen LogP contribution is 2.31. The van der Waals surface area contributed by atoms with Gasteiger partial charge in [-0.1, -0.05) is 69.2 Å². The molecule has 2 heterocycles. The van der Waals surface area contributed by atoms with Crippen LogP contribution in [0.3, 0.4) is 0 Å². The summed E-state index contributed by atoms with van der Waals surface area (Å²) < 4.78 is 13.1. The zero-order valence-corrected chi connectivity index (χ0v) is 23.8. The van der Waals surface area contributed by atoms with Gasteiger partial charge in [0, 0.05) is 18.5 Å². The number of ether oxygens (including phenoxy) is 2. The molecule has 4 rings (SSSR count). The second kappa shape index (κ2) is 12.8. The van der Waals surface area contributed by atoms with Crippen molar-refractivity contribution in [2.45, 2.75) is 78.9 Å². The molecule has 0 spiro atoms. The van der Waals surface area contributed by atoms with E-state index in [4.69, 9.17) is 19.4 Å². The quantitative estimate of drug-likeness (QED) is 0.121. The number of rotatable bonds is 11. The van der Waals surface area contributed by atoms with Crippen molar-refractivity contribution < 1.29 is 14.3 Å². The molecular weight excluding hydrogens is 488 g/mol. The summed E-state index contributed by atoms with van der Waals surface area (Å²) in [6.45, 7) is 11.4. The van der Waals surface area contributed by atoms with Crippen molar-refractivity contribution in [3.05, 3.63) is 72.1 Å². The first kappa shape index (κ1) is 28.1. The third kappa shape index (κ3) is 7.59. The van der Waals surface area contributed by atoms with Crippen LogP contribution in [0.2, 0.25) is 0 Å². The number of fused-ring (bicyclic) bond motifs is 1. The Hall–Kier alpha value is -3.87. The van der Waals surface area contributed by atoms with E-state index < -0.39 is 11.8 Å². The smallest absolute Gasteiger partial charge is 0.428 e. The maximum absolute atomic E-state index is 12.3. The van der Waals surface area contributed by atoms with Gasteiger partial charge in [0.2, 0.25) is 0 Å². The fraction of sp³-hybridized carbons (Fsp3) is 0.406. The Morgan fingerprint density at radius 2 is 1.67 bits per heavy atom. The molecule has 1 N–H and O–H groups in total. The second-order valence-corrected chi connectivity index (χ2v) is 10.8. The number of aryl methyl sites for hydroxylation is 1. The van der Waals surface area contributed by atoms with Crippen molar-refractivity contribution >= 4 is 23.1 Å². The summed E-state index contributed by atoms with van der Waals surface area (Å²) >= 11 is 0. The minimum atomic E-state index is -0.714. The number of imidazole rings is 1. The number of carbonyl (C=O) groups is 1. The van der Waals surface area contributed by atoms with E-state index in [-0.39, 0.29) is 0 Å². The van der Waals surface area contributed by atoms with Crippen molar-refractivity contribution in [1.82, 2.24) is 14.5 Å². The molecule has 39 heavy (non-hydrogen) atoms. The van der Waals surface area contributed by atoms with Crippen molar-refractivity contribution in [3.8, 4) is 16.9 Å². The van der Waals surface area contributed by atoms with Crippen LogP contribution >= 0.6 is 0 Å². The van der Waals surface area contributed by atoms with Gasteiger partial charge in [-0.15, -0.1) is 0 Å². The summed E-state index contributed by atoms with van der Waals surface area (Å²) in [7, 11) is 0. The molecule has 0 aliphatic carbocycles. The van der Waals surface area contributed by atoms with Gasteiger partial charge in [-0.2, -0.15) is 0 Å². The lowest BCUT2D eigenvalue weighted by atomic mass is 10.0. The first-order valence-corrected chi connectivity index (χ1v) is 14.0. The number of anilines is 1. The number of benzene rings is 2. The molecule has 0 fully saturated rings. The standard InChI is InChI=1S/C32H40N4O3/c1-6-8-14-29-34-26-19-20-28(33-21-9-7-2)35-30(26)36(29)22-23-15-17-24(18-16-23)25-12-10-11-13-27(25)38-31(37)39-32(3,4)5/h10-13,15-20H,6-9,14,21-22H2,1-5H3,(H,33,35). The minimum Gasteiger partial charge on any atom is -0.428 e. The largest absolute Gasteiger partial charge is 0.514 e. The fourth-order valence-electron chi connectivity index (χ4n) is 4.36. The zero-order chi connectivity index (χ0) is 27.8. The van der Waals surface area contributed by atoms with Gasteiger partial charge in [0.25, 0.3) is 0 Å². The van der Waals surface area contributed by atoms with Crippen molar-refractivity contribution in [3.63, 3.8) is 0 Å². The number of nitrogens with one attached hydrogen (secondary N) is 1. The summed E-state index contributed by atoms with van der Waals surface area (Å²) in [5, 5.41) is 3.44. The van der Waals surface area contributed by atoms with Crippen LogP contribution in [0.5, 0.6) is 5.75 Å². The molecule has 0 amide bonds. The van der Waals surface area contributed by atoms with Gasteiger partial charge in [0.05, 0.1) is 6.54 Å². The molecule has 2 aromatic heterocycles. The highest BCUT2D eigenvalue weighted by Gasteiger charge is 2.20. The molecule has 0 saturated heterocycles. The van der Waals surface area contributed by atoms with Gasteiger partial charge in [-0.25, -0.2) is 14.8 Å². The Bertz CT molecular complexity index is 1390. The fourth-order valence-corrected chi connectivity index (χ4v) is 4.36. The molecule has 206 valence electrons. The van der Waals surface area contributed by atoms with Crippen LogP contribution in [-0.2, 0) is 17.7 Å². The number of unbranched alkanes of at least 4 members (excludes halogenated alkanes) is 2. The van der Waals surface area contributed by atoms with E-state index in [1.54, 1.807) is 6.07 Å². The Morgan fingerprint density at radius 3 is 2.38 bits per heavy atom. The summed E-state index contributed by atoms with van der Waals surface area (Å²) in [5.41, 5.74) is 4.14. The van der Waals surface area contributed by atoms with Crippen molar-refractivity contribution in [1.29, 1.82) is 0 Å². The van der Waals surface area contributed by atoms with Gasteiger partial charge in [0.15, 0.2) is 5.65 Å². The SMILES string of the molecule is CCCCNc1ccc2nc(CCCC)n(Cc3ccc(-c4ccccc4OC(=O)OC(C)(C)C)cc3)c2n1. The van der Waals surface area contributed by atoms with E-state index in [0.29, 0.717) is 12.3 Å². The number of para-hydroxylation sites is 1. The number of hydrogen-bond acceptors (Lipinski definition) is 6. The molecule has 0 atom stereocenters. The number of aromatic nitrogens is 3. The van der Waals surface area contributed by atoms with Crippen LogP contribution in [0.15, 0.2) is 60.7 Å². The van der Waals surface area contributed by atoms with E-state index in [2.05, 4.69) is 54.1 Å². The Balaban J connectivity index is 1.58. The normalized spacial score (nSPS) is 11.5. The molecule has 2 aromatic carbocycles. The molecular formula is C32H40N4O3. The summed E-state index contributed by atoms with van der Waals surface area (Å²) in [4.78, 5) is 22.1. The Morgan fingerprint density at radius 1 is 0.923 bits per heavy atom. The first-order chi connectivity index (χ1) is 18.8. The van der Waals surface area contributed by atoms with Crippen LogP contribution in [0.4, 0.5) is 10.6 Å². The van der Waals surface area contributed by atoms with E-state index in [9.17, 15) is 4.79 Å². The van der Waals surface area contributed by atoms with Gasteiger partial charge in [0.1, 0.15) is 28.5 Å². The molecule has 0 aliphatic rings. The predicted octanol–water partition coefficient (Wildman–Crippen LogP) is 8.02. The van der Waals surface area contributed by atoms with Gasteiger partial charge in [-0.05, 0) is 62.9 Å². The maximum atomic E-state index is 12.3. The van der Waals surface area contributed by atoms with E-state index >= 15 is 0 Å². The molecule has 0 unspecified atom stereocenters. The Kier molecular flexibility index (Phi) is 9.23. The average Bonchev–Trinajstić information content (AvgIpc) is 3.23. The summed E-state index contributed by atoms with van der Waals surface area (Å²) in [6.07, 6.45) is 4.65. The van der Waals surface area contributed by atoms with E-state index in [0.717, 1.165) is 78.1 Å². The summed E-state index contributed by atoms with van der Waals surface area (Å²) in [6, 6.07) is 19.9. The first-order valence-electron chi connectivity index (χ1n) is 14.0. The lowest BCUT2D eigenvalue weighted by Crippen LogP contribution is -2.26. The van der Waals surface area contributed by atoms with Gasteiger partial charge >= 0.3 is 6.16 Å². The van der Waals surface area contributed by atoms with Crippen LogP contribution in [0.1, 0.15) is 71.7 Å². The molecule has 7 nitrogen and oxygen atoms in total. The molecule has 0 radical (unpaired) electrons. The molecule has 0 bridgehead atoms. The van der Waals surface area contributed by atoms with Gasteiger partial charge < -0.3 is 19.4 Å². The third-order valence-electron chi connectivity index (χ3n) is 6.34.